The predicted molar refractivity (Wildman–Crippen MR) is 110 cm³/mol. The quantitative estimate of drug-likeness (QED) is 0.629. The number of aliphatic carboxylic acids is 1. The van der Waals surface area contributed by atoms with Crippen LogP contribution in [0.25, 0.3) is 22.0 Å². The van der Waals surface area contributed by atoms with E-state index in [1.165, 1.54) is 16.5 Å². The molecule has 1 N–H and O–H groups in total. The third-order valence-corrected chi connectivity index (χ3v) is 6.16. The van der Waals surface area contributed by atoms with Crippen LogP contribution in [0.2, 0.25) is 0 Å². The molecule has 9 heteroatoms. The number of aryl methyl sites for hydroxylation is 1. The van der Waals surface area contributed by atoms with Gasteiger partial charge < -0.3 is 10.0 Å². The highest BCUT2D eigenvalue weighted by Crippen LogP contribution is 2.48. The van der Waals surface area contributed by atoms with E-state index < -0.39 is 12.0 Å². The molecule has 1 aliphatic heterocycles. The van der Waals surface area contributed by atoms with Crippen molar-refractivity contribution in [3.05, 3.63) is 42.1 Å². The first-order valence-corrected chi connectivity index (χ1v) is 10.2. The Morgan fingerprint density at radius 2 is 1.87 bits per heavy atom. The maximum absolute atomic E-state index is 13.0. The monoisotopic (exact) mass is 419 g/mol. The van der Waals surface area contributed by atoms with Gasteiger partial charge in [-0.25, -0.2) is 14.8 Å². The number of piperidine rings is 1. The molecule has 0 radical (unpaired) electrons. The first-order valence-electron chi connectivity index (χ1n) is 10.2. The first-order chi connectivity index (χ1) is 14.8. The van der Waals surface area contributed by atoms with Crippen LogP contribution in [0.4, 0.5) is 0 Å². The van der Waals surface area contributed by atoms with E-state index in [0.29, 0.717) is 23.1 Å². The van der Waals surface area contributed by atoms with Crippen molar-refractivity contribution in [2.45, 2.75) is 45.3 Å². The second-order valence-electron chi connectivity index (χ2n) is 8.27. The smallest absolute Gasteiger partial charge is 0.326 e. The summed E-state index contributed by atoms with van der Waals surface area (Å²) < 4.78 is 1.50. The number of Topliss-reactive ketones (excluding diaryl/α,β-unsaturated/α-hetero) is 1. The van der Waals surface area contributed by atoms with Crippen molar-refractivity contribution < 1.29 is 19.5 Å². The van der Waals surface area contributed by atoms with E-state index in [1.807, 2.05) is 18.2 Å². The lowest BCUT2D eigenvalue weighted by Crippen LogP contribution is -2.44. The number of hydrogen-bond acceptors (Lipinski definition) is 6. The molecule has 0 unspecified atom stereocenters. The maximum Gasteiger partial charge on any atom is 0.326 e. The molecule has 3 heterocycles. The van der Waals surface area contributed by atoms with E-state index in [2.05, 4.69) is 15.1 Å². The van der Waals surface area contributed by atoms with Gasteiger partial charge in [0.2, 0.25) is 5.91 Å². The molecule has 1 saturated heterocycles. The highest BCUT2D eigenvalue weighted by Gasteiger charge is 2.56. The molecule has 0 bridgehead atoms. The van der Waals surface area contributed by atoms with Gasteiger partial charge in [0.05, 0.1) is 5.52 Å². The number of carbonyl (C=O) groups excluding carboxylic acids is 2. The fourth-order valence-electron chi connectivity index (χ4n) is 4.53. The van der Waals surface area contributed by atoms with Crippen molar-refractivity contribution in [3.63, 3.8) is 0 Å². The molecule has 9 nitrogen and oxygen atoms in total. The first kappa shape index (κ1) is 19.3. The summed E-state index contributed by atoms with van der Waals surface area (Å²) in [5.41, 5.74) is 2.58. The third-order valence-electron chi connectivity index (χ3n) is 6.16. The molecule has 1 saturated carbocycles. The number of amides is 1. The SMILES string of the molecule is CC(=O)c1nn(CC(=O)N2[C@@H]3C[C@@H]3C[C@H]2C(=O)O)c2ccc(-c3cnc(C)nc3)cc12. The minimum absolute atomic E-state index is 0.0100. The number of ketones is 1. The largest absolute Gasteiger partial charge is 0.480 e. The van der Waals surface area contributed by atoms with Crippen molar-refractivity contribution in [2.24, 2.45) is 5.92 Å². The number of rotatable bonds is 5. The van der Waals surface area contributed by atoms with Crippen LogP contribution in [0.15, 0.2) is 30.6 Å². The second-order valence-corrected chi connectivity index (χ2v) is 8.27. The van der Waals surface area contributed by atoms with Crippen LogP contribution < -0.4 is 0 Å². The van der Waals surface area contributed by atoms with E-state index in [1.54, 1.807) is 19.3 Å². The fourth-order valence-corrected chi connectivity index (χ4v) is 4.53. The molecule has 1 aromatic carbocycles. The van der Waals surface area contributed by atoms with Crippen molar-refractivity contribution >= 4 is 28.6 Å². The van der Waals surface area contributed by atoms with Gasteiger partial charge in [0.25, 0.3) is 0 Å². The van der Waals surface area contributed by atoms with Gasteiger partial charge in [0.1, 0.15) is 24.1 Å². The minimum atomic E-state index is -0.972. The molecule has 1 amide bonds. The van der Waals surface area contributed by atoms with Crippen LogP contribution in [-0.2, 0) is 16.1 Å². The summed E-state index contributed by atoms with van der Waals surface area (Å²) in [5, 5.41) is 14.5. The summed E-state index contributed by atoms with van der Waals surface area (Å²) in [5.74, 6) is -0.514. The lowest BCUT2D eigenvalue weighted by molar-refractivity contribution is -0.149. The highest BCUT2D eigenvalue weighted by atomic mass is 16.4. The zero-order valence-corrected chi connectivity index (χ0v) is 17.1. The molecule has 3 aromatic rings. The number of likely N-dealkylation sites (tertiary alicyclic amines) is 1. The standard InChI is InChI=1S/C22H21N5O4/c1-11(28)21-16-5-13(15-8-23-12(2)24-9-15)3-4-17(16)26(25-21)10-20(29)27-18-6-14(18)7-19(27)22(30)31/h3-5,8-9,14,18-19H,6-7,10H2,1-2H3,(H,30,31)/t14-,18-,19+/m1/s1. The van der Waals surface area contributed by atoms with Crippen molar-refractivity contribution in [1.29, 1.82) is 0 Å². The van der Waals surface area contributed by atoms with Crippen LogP contribution in [0.5, 0.6) is 0 Å². The Bertz CT molecular complexity index is 1230. The molecule has 1 aliphatic carbocycles. The summed E-state index contributed by atoms with van der Waals surface area (Å²) in [6.45, 7) is 3.14. The van der Waals surface area contributed by atoms with E-state index >= 15 is 0 Å². The van der Waals surface area contributed by atoms with Crippen LogP contribution in [-0.4, -0.2) is 59.5 Å². The second kappa shape index (κ2) is 6.97. The molecular formula is C22H21N5O4. The lowest BCUT2D eigenvalue weighted by atomic mass is 10.0. The number of hydrogen-bond donors (Lipinski definition) is 1. The number of benzene rings is 1. The molecule has 158 valence electrons. The Morgan fingerprint density at radius 1 is 1.13 bits per heavy atom. The van der Waals surface area contributed by atoms with Gasteiger partial charge in [-0.2, -0.15) is 5.10 Å². The van der Waals surface area contributed by atoms with Crippen LogP contribution in [0.1, 0.15) is 36.1 Å². The summed E-state index contributed by atoms with van der Waals surface area (Å²) in [7, 11) is 0. The van der Waals surface area contributed by atoms with Crippen LogP contribution >= 0.6 is 0 Å². The van der Waals surface area contributed by atoms with E-state index in [9.17, 15) is 19.5 Å². The van der Waals surface area contributed by atoms with E-state index in [4.69, 9.17) is 0 Å². The van der Waals surface area contributed by atoms with E-state index in [0.717, 1.165) is 17.5 Å². The summed E-state index contributed by atoms with van der Waals surface area (Å²) in [4.78, 5) is 46.7. The normalized spacial score (nSPS) is 21.9. The van der Waals surface area contributed by atoms with Gasteiger partial charge >= 0.3 is 5.97 Å². The Morgan fingerprint density at radius 3 is 2.55 bits per heavy atom. The minimum Gasteiger partial charge on any atom is -0.480 e. The number of carbonyl (C=O) groups is 3. The number of carboxylic acid groups (broad SMARTS) is 1. The Kier molecular flexibility index (Phi) is 4.35. The maximum atomic E-state index is 13.0. The molecule has 2 aromatic heterocycles. The lowest BCUT2D eigenvalue weighted by Gasteiger charge is -2.24. The van der Waals surface area contributed by atoms with Gasteiger partial charge in [0.15, 0.2) is 5.78 Å². The van der Waals surface area contributed by atoms with Crippen molar-refractivity contribution in [2.75, 3.05) is 0 Å². The fraction of sp³-hybridized carbons (Fsp3) is 0.364. The van der Waals surface area contributed by atoms with Crippen molar-refractivity contribution in [3.8, 4) is 11.1 Å². The number of nitrogens with zero attached hydrogens (tertiary/aromatic N) is 5. The van der Waals surface area contributed by atoms with Gasteiger partial charge in [-0.05, 0) is 43.4 Å². The summed E-state index contributed by atoms with van der Waals surface area (Å²) in [6, 6.07) is 4.77. The molecule has 5 rings (SSSR count). The predicted octanol–water partition coefficient (Wildman–Crippen LogP) is 2.08. The highest BCUT2D eigenvalue weighted by molar-refractivity contribution is 6.06. The van der Waals surface area contributed by atoms with Gasteiger partial charge in [-0.15, -0.1) is 0 Å². The van der Waals surface area contributed by atoms with Gasteiger partial charge in [0, 0.05) is 36.3 Å². The molecule has 2 aliphatic rings. The Balaban J connectivity index is 1.50. The Hall–Kier alpha value is -3.62. The number of aromatic nitrogens is 4. The van der Waals surface area contributed by atoms with Gasteiger partial charge in [-0.3, -0.25) is 14.3 Å². The summed E-state index contributed by atoms with van der Waals surface area (Å²) >= 11 is 0. The molecule has 31 heavy (non-hydrogen) atoms. The topological polar surface area (TPSA) is 118 Å². The molecule has 0 spiro atoms. The summed E-state index contributed by atoms with van der Waals surface area (Å²) in [6.07, 6.45) is 4.80. The average molecular weight is 419 g/mol. The molecule has 2 fully saturated rings. The van der Waals surface area contributed by atoms with Crippen molar-refractivity contribution in [1.82, 2.24) is 24.6 Å². The number of carboxylic acids is 1. The number of fused-ring (bicyclic) bond motifs is 2. The van der Waals surface area contributed by atoms with Crippen LogP contribution in [0.3, 0.4) is 0 Å². The van der Waals surface area contributed by atoms with E-state index in [-0.39, 0.29) is 35.9 Å². The average Bonchev–Trinajstić information content (AvgIpc) is 3.24. The molecule has 3 atom stereocenters. The molecular weight excluding hydrogens is 398 g/mol. The Labute approximate surface area is 177 Å². The zero-order valence-electron chi connectivity index (χ0n) is 17.1. The van der Waals surface area contributed by atoms with Crippen LogP contribution in [0, 0.1) is 12.8 Å². The van der Waals surface area contributed by atoms with Gasteiger partial charge in [-0.1, -0.05) is 6.07 Å². The third kappa shape index (κ3) is 3.26. The zero-order chi connectivity index (χ0) is 21.9.